The van der Waals surface area contributed by atoms with E-state index in [-0.39, 0.29) is 12.3 Å². The number of hydrogen-bond acceptors (Lipinski definition) is 4. The maximum absolute atomic E-state index is 11.8. The Balaban J connectivity index is 1.50. The summed E-state index contributed by atoms with van der Waals surface area (Å²) in [5, 5.41) is 4.24. The molecule has 0 radical (unpaired) electrons. The van der Waals surface area contributed by atoms with Gasteiger partial charge in [-0.05, 0) is 66.9 Å². The number of amides is 1. The summed E-state index contributed by atoms with van der Waals surface area (Å²) in [6.07, 6.45) is 12.3. The van der Waals surface area contributed by atoms with Crippen molar-refractivity contribution >= 4 is 21.7 Å². The van der Waals surface area contributed by atoms with Gasteiger partial charge in [-0.3, -0.25) is 9.35 Å². The Kier molecular flexibility index (Phi) is 5.21. The molecule has 0 spiro atoms. The average Bonchev–Trinajstić information content (AvgIpc) is 2.67. The molecule has 0 saturated carbocycles. The van der Waals surface area contributed by atoms with Gasteiger partial charge in [0.05, 0.1) is 11.5 Å². The van der Waals surface area contributed by atoms with Gasteiger partial charge in [-0.25, -0.2) is 5.43 Å². The molecule has 1 amide bonds. The standard InChI is InChI=1S/C21H24N2O4S/c24-21(8-9-28(25,26)27)23-22-20-7-3-6-16-12-17-10-14-4-1-2-5-15(14)11-18(17)13-19(16)20/h3,6-7,10-11,19H,1-2,4-5,8-9,12-13H2,(H,23,24)(H,25,26,27). The molecule has 0 aliphatic heterocycles. The summed E-state index contributed by atoms with van der Waals surface area (Å²) in [7, 11) is -4.15. The largest absolute Gasteiger partial charge is 0.286 e. The summed E-state index contributed by atoms with van der Waals surface area (Å²) < 4.78 is 30.3. The Bertz CT molecular complexity index is 1010. The number of benzene rings is 1. The van der Waals surface area contributed by atoms with Gasteiger partial charge in [-0.15, -0.1) is 0 Å². The summed E-state index contributed by atoms with van der Waals surface area (Å²) in [5.41, 5.74) is 10.2. The van der Waals surface area contributed by atoms with E-state index in [0.29, 0.717) is 0 Å². The highest BCUT2D eigenvalue weighted by molar-refractivity contribution is 7.85. The topological polar surface area (TPSA) is 95.8 Å². The highest BCUT2D eigenvalue weighted by atomic mass is 32.2. The van der Waals surface area contributed by atoms with Crippen molar-refractivity contribution in [1.82, 2.24) is 5.43 Å². The number of carbonyl (C=O) groups is 1. The second-order valence-corrected chi connectivity index (χ2v) is 9.31. The number of aryl methyl sites for hydroxylation is 2. The molecular formula is C21H24N2O4S. The van der Waals surface area contributed by atoms with Crippen LogP contribution in [0.25, 0.3) is 0 Å². The lowest BCUT2D eigenvalue weighted by molar-refractivity contribution is -0.120. The van der Waals surface area contributed by atoms with Gasteiger partial charge in [0.2, 0.25) is 5.91 Å². The van der Waals surface area contributed by atoms with E-state index < -0.39 is 21.8 Å². The van der Waals surface area contributed by atoms with E-state index >= 15 is 0 Å². The predicted octanol–water partition coefficient (Wildman–Crippen LogP) is 2.53. The molecule has 1 atom stereocenters. The second kappa shape index (κ2) is 7.64. The van der Waals surface area contributed by atoms with Gasteiger partial charge in [0, 0.05) is 12.3 Å². The number of allylic oxidation sites excluding steroid dienone is 4. The fourth-order valence-corrected chi connectivity index (χ4v) is 4.76. The molecule has 2 N–H and O–H groups in total. The van der Waals surface area contributed by atoms with Crippen molar-refractivity contribution in [3.05, 3.63) is 58.2 Å². The molecule has 3 aliphatic rings. The van der Waals surface area contributed by atoms with Crippen LogP contribution in [-0.4, -0.2) is 30.3 Å². The Morgan fingerprint density at radius 3 is 2.57 bits per heavy atom. The Morgan fingerprint density at radius 1 is 1.14 bits per heavy atom. The minimum absolute atomic E-state index is 0.126. The van der Waals surface area contributed by atoms with E-state index in [1.54, 1.807) is 0 Å². The first kappa shape index (κ1) is 19.1. The van der Waals surface area contributed by atoms with Crippen LogP contribution < -0.4 is 5.43 Å². The number of nitrogens with one attached hydrogen (secondary N) is 1. The number of fused-ring (bicyclic) bond motifs is 3. The van der Waals surface area contributed by atoms with E-state index in [9.17, 15) is 13.2 Å². The van der Waals surface area contributed by atoms with Crippen molar-refractivity contribution in [3.63, 3.8) is 0 Å². The van der Waals surface area contributed by atoms with E-state index in [2.05, 4.69) is 28.7 Å². The molecular weight excluding hydrogens is 376 g/mol. The second-order valence-electron chi connectivity index (χ2n) is 7.74. The Morgan fingerprint density at radius 2 is 1.86 bits per heavy atom. The molecule has 3 aliphatic carbocycles. The van der Waals surface area contributed by atoms with Crippen LogP contribution >= 0.6 is 0 Å². The third kappa shape index (κ3) is 4.25. The first-order chi connectivity index (χ1) is 13.4. The lowest BCUT2D eigenvalue weighted by Crippen LogP contribution is -2.29. The third-order valence-corrected chi connectivity index (χ3v) is 6.48. The molecule has 4 rings (SSSR count). The number of hydrogen-bond donors (Lipinski definition) is 2. The van der Waals surface area contributed by atoms with E-state index in [4.69, 9.17) is 4.55 Å². The van der Waals surface area contributed by atoms with Crippen molar-refractivity contribution in [2.24, 2.45) is 11.0 Å². The predicted molar refractivity (Wildman–Crippen MR) is 108 cm³/mol. The number of rotatable bonds is 4. The minimum atomic E-state index is -4.15. The van der Waals surface area contributed by atoms with Crippen molar-refractivity contribution < 1.29 is 17.8 Å². The van der Waals surface area contributed by atoms with E-state index in [1.807, 2.05) is 12.2 Å². The highest BCUT2D eigenvalue weighted by Crippen LogP contribution is 2.36. The third-order valence-electron chi connectivity index (χ3n) is 5.76. The lowest BCUT2D eigenvalue weighted by Gasteiger charge is -2.31. The van der Waals surface area contributed by atoms with Crippen molar-refractivity contribution in [2.75, 3.05) is 5.75 Å². The van der Waals surface area contributed by atoms with Crippen LogP contribution in [0, 0.1) is 5.92 Å². The molecule has 1 unspecified atom stereocenters. The molecule has 0 fully saturated rings. The maximum atomic E-state index is 11.8. The number of carbonyl (C=O) groups excluding carboxylic acids is 1. The molecule has 1 aromatic carbocycles. The van der Waals surface area contributed by atoms with Gasteiger partial charge in [0.25, 0.3) is 10.1 Å². The molecule has 28 heavy (non-hydrogen) atoms. The van der Waals surface area contributed by atoms with Crippen LogP contribution in [0.15, 0.2) is 41.0 Å². The zero-order valence-electron chi connectivity index (χ0n) is 15.6. The number of hydrazone groups is 1. The van der Waals surface area contributed by atoms with Gasteiger partial charge in [0.1, 0.15) is 0 Å². The summed E-state index contributed by atoms with van der Waals surface area (Å²) in [5.74, 6) is -1.01. The quantitative estimate of drug-likeness (QED) is 0.600. The molecule has 1 aromatic rings. The van der Waals surface area contributed by atoms with Crippen LogP contribution in [0.1, 0.15) is 41.5 Å². The molecule has 0 saturated heterocycles. The SMILES string of the molecule is O=C(CCS(=O)(=O)O)NN=C1C=CC=C2Cc3cc4c(cc3CC21)CCCC4. The van der Waals surface area contributed by atoms with Gasteiger partial charge < -0.3 is 0 Å². The van der Waals surface area contributed by atoms with Crippen LogP contribution in [-0.2, 0) is 40.6 Å². The Labute approximate surface area is 165 Å². The minimum Gasteiger partial charge on any atom is -0.286 e. The molecule has 148 valence electrons. The van der Waals surface area contributed by atoms with Crippen molar-refractivity contribution in [1.29, 1.82) is 0 Å². The first-order valence-corrected chi connectivity index (χ1v) is 11.3. The van der Waals surface area contributed by atoms with Crippen LogP contribution in [0.5, 0.6) is 0 Å². The summed E-state index contributed by atoms with van der Waals surface area (Å²) >= 11 is 0. The zero-order chi connectivity index (χ0) is 19.7. The zero-order valence-corrected chi connectivity index (χ0v) is 16.5. The van der Waals surface area contributed by atoms with E-state index in [1.165, 1.54) is 47.1 Å². The van der Waals surface area contributed by atoms with Gasteiger partial charge >= 0.3 is 0 Å². The molecule has 0 bridgehead atoms. The Hall–Kier alpha value is -2.25. The van der Waals surface area contributed by atoms with Gasteiger partial charge in [0.15, 0.2) is 0 Å². The first-order valence-electron chi connectivity index (χ1n) is 9.71. The van der Waals surface area contributed by atoms with E-state index in [0.717, 1.165) is 25.0 Å². The monoisotopic (exact) mass is 400 g/mol. The molecule has 6 nitrogen and oxygen atoms in total. The molecule has 0 aromatic heterocycles. The van der Waals surface area contributed by atoms with Crippen LogP contribution in [0.4, 0.5) is 0 Å². The molecule has 0 heterocycles. The highest BCUT2D eigenvalue weighted by Gasteiger charge is 2.29. The maximum Gasteiger partial charge on any atom is 0.265 e. The molecule has 7 heteroatoms. The fourth-order valence-electron chi connectivity index (χ4n) is 4.31. The summed E-state index contributed by atoms with van der Waals surface area (Å²) in [6.45, 7) is 0. The summed E-state index contributed by atoms with van der Waals surface area (Å²) in [4.78, 5) is 11.8. The van der Waals surface area contributed by atoms with Gasteiger partial charge in [-0.1, -0.05) is 29.9 Å². The van der Waals surface area contributed by atoms with Crippen LogP contribution in [0.3, 0.4) is 0 Å². The van der Waals surface area contributed by atoms with Crippen molar-refractivity contribution in [3.8, 4) is 0 Å². The fraction of sp³-hybridized carbons (Fsp3) is 0.429. The van der Waals surface area contributed by atoms with Crippen LogP contribution in [0.2, 0.25) is 0 Å². The average molecular weight is 401 g/mol. The summed E-state index contributed by atoms with van der Waals surface area (Å²) in [6, 6.07) is 4.74. The lowest BCUT2D eigenvalue weighted by atomic mass is 9.74. The number of nitrogens with zero attached hydrogens (tertiary/aromatic N) is 1. The van der Waals surface area contributed by atoms with Crippen molar-refractivity contribution in [2.45, 2.75) is 44.9 Å². The normalized spacial score (nSPS) is 22.1. The van der Waals surface area contributed by atoms with Gasteiger partial charge in [-0.2, -0.15) is 13.5 Å². The smallest absolute Gasteiger partial charge is 0.265 e.